The van der Waals surface area contributed by atoms with Gasteiger partial charge in [0.25, 0.3) is 11.7 Å². The number of ketones is 1. The molecule has 2 aromatic rings. The molecular formula is C20H20BrN3O3. The summed E-state index contributed by atoms with van der Waals surface area (Å²) in [6.07, 6.45) is 3.07. The molecule has 27 heavy (non-hydrogen) atoms. The molecule has 0 radical (unpaired) electrons. The topological polar surface area (TPSA) is 73.7 Å². The number of Topliss-reactive ketones (excluding diaryl/α,β-unsaturated/α-hetero) is 1. The fraction of sp³-hybridized carbons (Fsp3) is 0.250. The summed E-state index contributed by atoms with van der Waals surface area (Å²) in [5.74, 6) is -1.45. The number of nitrogens with zero attached hydrogens (tertiary/aromatic N) is 3. The van der Waals surface area contributed by atoms with Crippen molar-refractivity contribution in [3.63, 3.8) is 0 Å². The summed E-state index contributed by atoms with van der Waals surface area (Å²) in [4.78, 5) is 32.9. The number of aromatic nitrogens is 1. The van der Waals surface area contributed by atoms with E-state index in [4.69, 9.17) is 0 Å². The van der Waals surface area contributed by atoms with Gasteiger partial charge >= 0.3 is 0 Å². The lowest BCUT2D eigenvalue weighted by molar-refractivity contribution is -0.140. The normalized spacial score (nSPS) is 19.1. The molecule has 1 aromatic heterocycles. The number of likely N-dealkylation sites (tertiary alicyclic amines) is 1. The Morgan fingerprint density at radius 2 is 1.78 bits per heavy atom. The van der Waals surface area contributed by atoms with Gasteiger partial charge in [0.15, 0.2) is 0 Å². The third-order valence-electron chi connectivity index (χ3n) is 4.47. The van der Waals surface area contributed by atoms with Crippen LogP contribution < -0.4 is 0 Å². The Morgan fingerprint density at radius 1 is 1.15 bits per heavy atom. The molecule has 1 aliphatic heterocycles. The van der Waals surface area contributed by atoms with E-state index in [2.05, 4.69) is 20.9 Å². The first-order chi connectivity index (χ1) is 12.9. The van der Waals surface area contributed by atoms with Gasteiger partial charge in [-0.25, -0.2) is 0 Å². The second-order valence-electron chi connectivity index (χ2n) is 6.58. The minimum Gasteiger partial charge on any atom is -0.507 e. The zero-order chi connectivity index (χ0) is 19.6. The fourth-order valence-electron chi connectivity index (χ4n) is 3.08. The lowest BCUT2D eigenvalue weighted by atomic mass is 9.95. The van der Waals surface area contributed by atoms with Crippen LogP contribution in [0, 0.1) is 0 Å². The lowest BCUT2D eigenvalue weighted by Gasteiger charge is -2.26. The van der Waals surface area contributed by atoms with Crippen LogP contribution in [-0.2, 0) is 9.59 Å². The molecule has 2 heterocycles. The number of pyridine rings is 1. The average Bonchev–Trinajstić information content (AvgIpc) is 2.91. The van der Waals surface area contributed by atoms with Crippen LogP contribution in [-0.4, -0.2) is 58.8 Å². The van der Waals surface area contributed by atoms with Crippen LogP contribution in [0.2, 0.25) is 0 Å². The Morgan fingerprint density at radius 3 is 2.37 bits per heavy atom. The Kier molecular flexibility index (Phi) is 5.72. The molecule has 1 saturated heterocycles. The van der Waals surface area contributed by atoms with Crippen LogP contribution in [0.25, 0.3) is 5.76 Å². The zero-order valence-corrected chi connectivity index (χ0v) is 16.7. The quantitative estimate of drug-likeness (QED) is 0.449. The molecule has 1 unspecified atom stereocenters. The highest BCUT2D eigenvalue weighted by Gasteiger charge is 2.45. The van der Waals surface area contributed by atoms with Gasteiger partial charge in [-0.15, -0.1) is 0 Å². The van der Waals surface area contributed by atoms with E-state index in [1.54, 1.807) is 12.1 Å². The number of aliphatic hydroxyl groups excluding tert-OH is 1. The Balaban J connectivity index is 2.13. The third kappa shape index (κ3) is 3.94. The van der Waals surface area contributed by atoms with E-state index in [0.717, 1.165) is 10.0 Å². The van der Waals surface area contributed by atoms with E-state index in [-0.39, 0.29) is 11.3 Å². The molecule has 1 amide bonds. The molecule has 1 N–H and O–H groups in total. The number of carbonyl (C=O) groups is 2. The first kappa shape index (κ1) is 19.3. The molecular weight excluding hydrogens is 410 g/mol. The first-order valence-electron chi connectivity index (χ1n) is 8.49. The summed E-state index contributed by atoms with van der Waals surface area (Å²) in [5, 5.41) is 10.8. The van der Waals surface area contributed by atoms with Crippen molar-refractivity contribution in [2.24, 2.45) is 0 Å². The second kappa shape index (κ2) is 8.02. The molecule has 3 rings (SSSR count). The van der Waals surface area contributed by atoms with E-state index in [0.29, 0.717) is 18.7 Å². The monoisotopic (exact) mass is 429 g/mol. The van der Waals surface area contributed by atoms with Crippen LogP contribution in [0.3, 0.4) is 0 Å². The van der Waals surface area contributed by atoms with Gasteiger partial charge in [-0.1, -0.05) is 28.1 Å². The summed E-state index contributed by atoms with van der Waals surface area (Å²) in [6, 6.07) is 10.0. The molecule has 0 spiro atoms. The number of rotatable bonds is 5. The Bertz CT molecular complexity index is 879. The Labute approximate surface area is 166 Å². The number of carbonyl (C=O) groups excluding carboxylic acids is 2. The largest absolute Gasteiger partial charge is 0.507 e. The smallest absolute Gasteiger partial charge is 0.295 e. The molecule has 1 aliphatic rings. The van der Waals surface area contributed by atoms with Crippen LogP contribution in [0.1, 0.15) is 17.2 Å². The third-order valence-corrected chi connectivity index (χ3v) is 5.00. The molecule has 1 fully saturated rings. The van der Waals surface area contributed by atoms with Gasteiger partial charge in [0, 0.05) is 35.5 Å². The molecule has 140 valence electrons. The van der Waals surface area contributed by atoms with Crippen molar-refractivity contribution in [2.45, 2.75) is 6.04 Å². The van der Waals surface area contributed by atoms with Crippen LogP contribution in [0.4, 0.5) is 0 Å². The number of amides is 1. The maximum absolute atomic E-state index is 12.8. The van der Waals surface area contributed by atoms with Crippen molar-refractivity contribution in [1.29, 1.82) is 0 Å². The predicted molar refractivity (Wildman–Crippen MR) is 106 cm³/mol. The average molecular weight is 430 g/mol. The Hall–Kier alpha value is -2.51. The standard InChI is InChI=1S/C20H20BrN3O3/c1-23(2)11-12-24-17(13-3-5-15(21)6-4-13)16(19(26)20(24)27)18(25)14-7-9-22-10-8-14/h3-10,17,25H,11-12H2,1-2H3/b18-16+. The summed E-state index contributed by atoms with van der Waals surface area (Å²) in [5.41, 5.74) is 1.33. The van der Waals surface area contributed by atoms with Gasteiger partial charge in [-0.2, -0.15) is 0 Å². The number of hydrogen-bond donors (Lipinski definition) is 1. The van der Waals surface area contributed by atoms with Gasteiger partial charge in [0.2, 0.25) is 0 Å². The minimum atomic E-state index is -0.670. The number of benzene rings is 1. The molecule has 0 aliphatic carbocycles. The van der Waals surface area contributed by atoms with Gasteiger partial charge < -0.3 is 14.9 Å². The number of halogens is 1. The number of aliphatic hydroxyl groups is 1. The van der Waals surface area contributed by atoms with Crippen LogP contribution >= 0.6 is 15.9 Å². The summed E-state index contributed by atoms with van der Waals surface area (Å²) >= 11 is 3.40. The highest BCUT2D eigenvalue weighted by molar-refractivity contribution is 9.10. The van der Waals surface area contributed by atoms with Gasteiger partial charge in [-0.05, 0) is 43.9 Å². The van der Waals surface area contributed by atoms with Gasteiger partial charge in [0.05, 0.1) is 11.6 Å². The van der Waals surface area contributed by atoms with Crippen molar-refractivity contribution in [2.75, 3.05) is 27.2 Å². The highest BCUT2D eigenvalue weighted by Crippen LogP contribution is 2.39. The van der Waals surface area contributed by atoms with Gasteiger partial charge in [0.1, 0.15) is 5.76 Å². The second-order valence-corrected chi connectivity index (χ2v) is 7.50. The van der Waals surface area contributed by atoms with E-state index < -0.39 is 17.7 Å². The maximum Gasteiger partial charge on any atom is 0.295 e. The first-order valence-corrected chi connectivity index (χ1v) is 9.28. The van der Waals surface area contributed by atoms with Crippen LogP contribution in [0.15, 0.2) is 58.8 Å². The van der Waals surface area contributed by atoms with E-state index in [1.807, 2.05) is 43.3 Å². The maximum atomic E-state index is 12.8. The molecule has 1 atom stereocenters. The predicted octanol–water partition coefficient (Wildman–Crippen LogP) is 2.83. The van der Waals surface area contributed by atoms with Crippen molar-refractivity contribution in [3.8, 4) is 0 Å². The van der Waals surface area contributed by atoms with Gasteiger partial charge in [-0.3, -0.25) is 14.6 Å². The number of likely N-dealkylation sites (N-methyl/N-ethyl adjacent to an activating group) is 1. The van der Waals surface area contributed by atoms with E-state index >= 15 is 0 Å². The fourth-order valence-corrected chi connectivity index (χ4v) is 3.34. The number of hydrogen-bond acceptors (Lipinski definition) is 5. The summed E-state index contributed by atoms with van der Waals surface area (Å²) in [7, 11) is 3.81. The molecule has 6 nitrogen and oxygen atoms in total. The van der Waals surface area contributed by atoms with Crippen molar-refractivity contribution in [1.82, 2.24) is 14.8 Å². The summed E-state index contributed by atoms with van der Waals surface area (Å²) < 4.78 is 0.894. The summed E-state index contributed by atoms with van der Waals surface area (Å²) in [6.45, 7) is 0.987. The lowest BCUT2D eigenvalue weighted by Crippen LogP contribution is -2.35. The molecule has 7 heteroatoms. The highest BCUT2D eigenvalue weighted by atomic mass is 79.9. The molecule has 0 saturated carbocycles. The molecule has 0 bridgehead atoms. The SMILES string of the molecule is CN(C)CCN1C(=O)C(=O)/C(=C(/O)c2ccncc2)C1c1ccc(Br)cc1. The van der Waals surface area contributed by atoms with E-state index in [9.17, 15) is 14.7 Å². The molecule has 1 aromatic carbocycles. The van der Waals surface area contributed by atoms with Crippen molar-refractivity contribution < 1.29 is 14.7 Å². The van der Waals surface area contributed by atoms with Crippen LogP contribution in [0.5, 0.6) is 0 Å². The minimum absolute atomic E-state index is 0.104. The zero-order valence-electron chi connectivity index (χ0n) is 15.1. The van der Waals surface area contributed by atoms with E-state index in [1.165, 1.54) is 17.3 Å². The van der Waals surface area contributed by atoms with Crippen molar-refractivity contribution in [3.05, 3.63) is 70.0 Å². The van der Waals surface area contributed by atoms with Crippen molar-refractivity contribution >= 4 is 33.4 Å².